The maximum Gasteiger partial charge on any atom is 0.240 e. The van der Waals surface area contributed by atoms with Crippen molar-refractivity contribution in [2.24, 2.45) is 5.92 Å². The molecule has 26 heavy (non-hydrogen) atoms. The minimum absolute atomic E-state index is 0.185. The number of nitrogens with zero attached hydrogens (tertiary/aromatic N) is 1. The number of hydrogen-bond acceptors (Lipinski definition) is 3. The molecule has 0 aromatic heterocycles. The molecule has 1 aliphatic rings. The van der Waals surface area contributed by atoms with Crippen LogP contribution in [0.2, 0.25) is 0 Å². The van der Waals surface area contributed by atoms with Gasteiger partial charge in [0, 0.05) is 25.2 Å². The van der Waals surface area contributed by atoms with Crippen LogP contribution in [0.25, 0.3) is 0 Å². The third-order valence-corrected chi connectivity index (χ3v) is 6.29. The van der Waals surface area contributed by atoms with Crippen LogP contribution >= 0.6 is 0 Å². The minimum atomic E-state index is -3.49. The van der Waals surface area contributed by atoms with Crippen LogP contribution in [0.3, 0.4) is 0 Å². The summed E-state index contributed by atoms with van der Waals surface area (Å²) in [5.74, 6) is 0.0467. The molecule has 0 spiro atoms. The van der Waals surface area contributed by atoms with E-state index in [1.54, 1.807) is 36.4 Å². The van der Waals surface area contributed by atoms with Crippen molar-refractivity contribution in [3.8, 4) is 0 Å². The van der Waals surface area contributed by atoms with E-state index in [2.05, 4.69) is 9.62 Å². The molecule has 1 N–H and O–H groups in total. The summed E-state index contributed by atoms with van der Waals surface area (Å²) in [4.78, 5) is 2.49. The second kappa shape index (κ2) is 8.29. The summed E-state index contributed by atoms with van der Waals surface area (Å²) in [6.45, 7) is 4.58. The van der Waals surface area contributed by atoms with Crippen molar-refractivity contribution in [1.29, 1.82) is 0 Å². The minimum Gasteiger partial charge on any atom is -0.299 e. The van der Waals surface area contributed by atoms with Gasteiger partial charge in [0.05, 0.1) is 4.90 Å². The van der Waals surface area contributed by atoms with E-state index in [0.717, 1.165) is 31.5 Å². The Labute approximate surface area is 155 Å². The molecule has 1 fully saturated rings. The number of aryl methyl sites for hydroxylation is 1. The van der Waals surface area contributed by atoms with Gasteiger partial charge in [-0.15, -0.1) is 0 Å². The number of nitrogens with one attached hydrogen (secondary N) is 1. The lowest BCUT2D eigenvalue weighted by Crippen LogP contribution is -2.40. The molecule has 4 nitrogen and oxygen atoms in total. The summed E-state index contributed by atoms with van der Waals surface area (Å²) in [6, 6.07) is 13.7. The van der Waals surface area contributed by atoms with Crippen LogP contribution in [0.1, 0.15) is 24.0 Å². The van der Waals surface area contributed by atoms with Crippen molar-refractivity contribution >= 4 is 10.0 Å². The molecular weight excluding hydrogens is 351 g/mol. The van der Waals surface area contributed by atoms with Crippen molar-refractivity contribution in [2.45, 2.75) is 31.2 Å². The molecule has 3 rings (SSSR count). The Hall–Kier alpha value is -1.76. The van der Waals surface area contributed by atoms with Crippen molar-refractivity contribution in [2.75, 3.05) is 19.6 Å². The predicted molar refractivity (Wildman–Crippen MR) is 101 cm³/mol. The highest BCUT2D eigenvalue weighted by Gasteiger charge is 2.23. The first-order valence-corrected chi connectivity index (χ1v) is 10.4. The number of benzene rings is 2. The summed E-state index contributed by atoms with van der Waals surface area (Å²) in [7, 11) is -3.49. The first-order chi connectivity index (χ1) is 12.4. The molecule has 1 saturated heterocycles. The summed E-state index contributed by atoms with van der Waals surface area (Å²) in [6.07, 6.45) is 1.97. The summed E-state index contributed by atoms with van der Waals surface area (Å²) < 4.78 is 41.4. The lowest BCUT2D eigenvalue weighted by Gasteiger charge is -2.32. The van der Waals surface area contributed by atoms with Gasteiger partial charge in [0.15, 0.2) is 0 Å². The van der Waals surface area contributed by atoms with Gasteiger partial charge >= 0.3 is 0 Å². The zero-order chi connectivity index (χ0) is 18.6. The zero-order valence-electron chi connectivity index (χ0n) is 15.0. The number of halogens is 1. The van der Waals surface area contributed by atoms with Gasteiger partial charge in [-0.3, -0.25) is 4.90 Å². The molecule has 0 saturated carbocycles. The molecule has 0 amide bonds. The number of sulfonamides is 1. The fourth-order valence-corrected chi connectivity index (χ4v) is 4.47. The van der Waals surface area contributed by atoms with Crippen molar-refractivity contribution in [3.63, 3.8) is 0 Å². The molecule has 0 bridgehead atoms. The lowest BCUT2D eigenvalue weighted by atomic mass is 9.98. The Morgan fingerprint density at radius 3 is 2.62 bits per heavy atom. The van der Waals surface area contributed by atoms with E-state index in [0.29, 0.717) is 23.5 Å². The van der Waals surface area contributed by atoms with Crippen LogP contribution in [0.15, 0.2) is 53.4 Å². The van der Waals surface area contributed by atoms with Crippen LogP contribution < -0.4 is 4.72 Å². The maximum atomic E-state index is 13.8. The molecule has 2 aromatic carbocycles. The Morgan fingerprint density at radius 2 is 1.88 bits per heavy atom. The third kappa shape index (κ3) is 4.90. The van der Waals surface area contributed by atoms with E-state index in [1.165, 1.54) is 6.07 Å². The van der Waals surface area contributed by atoms with E-state index in [9.17, 15) is 12.8 Å². The smallest absolute Gasteiger partial charge is 0.240 e. The highest BCUT2D eigenvalue weighted by Crippen LogP contribution is 2.20. The number of piperidine rings is 1. The molecule has 140 valence electrons. The zero-order valence-corrected chi connectivity index (χ0v) is 15.8. The fourth-order valence-electron chi connectivity index (χ4n) is 3.36. The van der Waals surface area contributed by atoms with E-state index >= 15 is 0 Å². The van der Waals surface area contributed by atoms with Crippen LogP contribution in [-0.4, -0.2) is 33.0 Å². The molecule has 2 aromatic rings. The van der Waals surface area contributed by atoms with Crippen LogP contribution in [0, 0.1) is 18.7 Å². The fraction of sp³-hybridized carbons (Fsp3) is 0.400. The van der Waals surface area contributed by atoms with Crippen LogP contribution in [0.5, 0.6) is 0 Å². The summed E-state index contributed by atoms with van der Waals surface area (Å²) in [5.41, 5.74) is 1.72. The van der Waals surface area contributed by atoms with E-state index in [1.807, 2.05) is 13.0 Å². The second-order valence-corrected chi connectivity index (χ2v) is 8.77. The van der Waals surface area contributed by atoms with Gasteiger partial charge in [-0.25, -0.2) is 17.5 Å². The normalized spacial score (nSPS) is 18.8. The van der Waals surface area contributed by atoms with Gasteiger partial charge in [-0.2, -0.15) is 0 Å². The average molecular weight is 376 g/mol. The maximum absolute atomic E-state index is 13.8. The first kappa shape index (κ1) is 19.0. The van der Waals surface area contributed by atoms with Crippen LogP contribution in [0.4, 0.5) is 4.39 Å². The second-order valence-electron chi connectivity index (χ2n) is 7.00. The highest BCUT2D eigenvalue weighted by molar-refractivity contribution is 7.89. The first-order valence-electron chi connectivity index (χ1n) is 8.96. The number of rotatable bonds is 6. The Balaban J connectivity index is 1.56. The Morgan fingerprint density at radius 1 is 1.15 bits per heavy atom. The molecule has 0 aliphatic carbocycles. The SMILES string of the molecule is Cc1ccc(S(=O)(=O)NCC2CCCN(Cc3ccccc3F)C2)cc1. The number of likely N-dealkylation sites (tertiary alicyclic amines) is 1. The Kier molecular flexibility index (Phi) is 6.06. The van der Waals surface area contributed by atoms with E-state index in [-0.39, 0.29) is 11.7 Å². The molecular formula is C20H25FN2O2S. The van der Waals surface area contributed by atoms with Crippen molar-refractivity contribution in [1.82, 2.24) is 9.62 Å². The quantitative estimate of drug-likeness (QED) is 0.841. The van der Waals surface area contributed by atoms with Gasteiger partial charge in [0.2, 0.25) is 10.0 Å². The molecule has 1 atom stereocenters. The van der Waals surface area contributed by atoms with Gasteiger partial charge in [-0.1, -0.05) is 35.9 Å². The van der Waals surface area contributed by atoms with Gasteiger partial charge in [0.1, 0.15) is 5.82 Å². The van der Waals surface area contributed by atoms with Crippen LogP contribution in [-0.2, 0) is 16.6 Å². The largest absolute Gasteiger partial charge is 0.299 e. The van der Waals surface area contributed by atoms with E-state index in [4.69, 9.17) is 0 Å². The summed E-state index contributed by atoms with van der Waals surface area (Å²) in [5, 5.41) is 0. The van der Waals surface area contributed by atoms with Crippen molar-refractivity contribution in [3.05, 3.63) is 65.5 Å². The van der Waals surface area contributed by atoms with Gasteiger partial charge in [0.25, 0.3) is 0 Å². The average Bonchev–Trinajstić information content (AvgIpc) is 2.63. The third-order valence-electron chi connectivity index (χ3n) is 4.85. The predicted octanol–water partition coefficient (Wildman–Crippen LogP) is 3.32. The highest BCUT2D eigenvalue weighted by atomic mass is 32.2. The molecule has 6 heteroatoms. The topological polar surface area (TPSA) is 49.4 Å². The standard InChI is InChI=1S/C20H25FN2O2S/c1-16-8-10-19(11-9-16)26(24,25)22-13-17-5-4-12-23(14-17)15-18-6-2-3-7-20(18)21/h2-3,6-11,17,22H,4-5,12-15H2,1H3. The van der Waals surface area contributed by atoms with E-state index < -0.39 is 10.0 Å². The molecule has 1 aliphatic heterocycles. The monoisotopic (exact) mass is 376 g/mol. The Bertz CT molecular complexity index is 837. The number of hydrogen-bond donors (Lipinski definition) is 1. The van der Waals surface area contributed by atoms with Gasteiger partial charge < -0.3 is 0 Å². The molecule has 1 unspecified atom stereocenters. The summed E-state index contributed by atoms with van der Waals surface area (Å²) >= 11 is 0. The molecule has 1 heterocycles. The van der Waals surface area contributed by atoms with Gasteiger partial charge in [-0.05, 0) is 50.4 Å². The lowest BCUT2D eigenvalue weighted by molar-refractivity contribution is 0.167. The van der Waals surface area contributed by atoms with Crippen molar-refractivity contribution < 1.29 is 12.8 Å². The molecule has 0 radical (unpaired) electrons.